The molecule has 0 amide bonds. The zero-order valence-electron chi connectivity index (χ0n) is 12.8. The smallest absolute Gasteiger partial charge is 0.137 e. The highest BCUT2D eigenvalue weighted by atomic mass is 35.5. The average Bonchev–Trinajstić information content (AvgIpc) is 3.12. The van der Waals surface area contributed by atoms with Crippen molar-refractivity contribution in [3.05, 3.63) is 28.8 Å². The van der Waals surface area contributed by atoms with Crippen molar-refractivity contribution in [2.45, 2.75) is 38.3 Å². The maximum absolute atomic E-state index is 6.25. The van der Waals surface area contributed by atoms with E-state index in [0.29, 0.717) is 11.1 Å². The van der Waals surface area contributed by atoms with Crippen LogP contribution in [0.3, 0.4) is 0 Å². The summed E-state index contributed by atoms with van der Waals surface area (Å²) in [6, 6.07) is 6.81. The van der Waals surface area contributed by atoms with Crippen LogP contribution in [0.2, 0.25) is 5.02 Å². The summed E-state index contributed by atoms with van der Waals surface area (Å²) < 4.78 is 5.23. The molecule has 1 saturated carbocycles. The summed E-state index contributed by atoms with van der Waals surface area (Å²) in [6.45, 7) is 4.54. The Morgan fingerprint density at radius 3 is 2.76 bits per heavy atom. The zero-order valence-corrected chi connectivity index (χ0v) is 13.5. The third-order valence-corrected chi connectivity index (χ3v) is 4.77. The Labute approximate surface area is 132 Å². The quantitative estimate of drug-likeness (QED) is 0.836. The molecule has 1 aromatic carbocycles. The topological polar surface area (TPSA) is 24.5 Å². The molecule has 0 bridgehead atoms. The molecule has 2 fully saturated rings. The van der Waals surface area contributed by atoms with Gasteiger partial charge in [-0.3, -0.25) is 4.90 Å². The van der Waals surface area contributed by atoms with Crippen LogP contribution in [0.4, 0.5) is 0 Å². The number of ether oxygens (including phenoxy) is 1. The van der Waals surface area contributed by atoms with Gasteiger partial charge in [-0.25, -0.2) is 0 Å². The molecule has 1 saturated heterocycles. The van der Waals surface area contributed by atoms with E-state index < -0.39 is 0 Å². The maximum atomic E-state index is 6.25. The molecule has 1 heterocycles. The van der Waals surface area contributed by atoms with Crippen LogP contribution >= 0.6 is 11.6 Å². The second kappa shape index (κ2) is 6.99. The Morgan fingerprint density at radius 2 is 2.14 bits per heavy atom. The van der Waals surface area contributed by atoms with E-state index >= 15 is 0 Å². The second-order valence-corrected chi connectivity index (χ2v) is 6.81. The van der Waals surface area contributed by atoms with Crippen LogP contribution in [0.25, 0.3) is 0 Å². The number of methoxy groups -OCH3 is 1. The van der Waals surface area contributed by atoms with Crippen molar-refractivity contribution >= 4 is 11.6 Å². The van der Waals surface area contributed by atoms with E-state index in [4.69, 9.17) is 16.3 Å². The Hall–Kier alpha value is -0.770. The van der Waals surface area contributed by atoms with Gasteiger partial charge in [0.15, 0.2) is 0 Å². The Morgan fingerprint density at radius 1 is 1.29 bits per heavy atom. The highest BCUT2D eigenvalue weighted by Gasteiger charge is 2.26. The van der Waals surface area contributed by atoms with Gasteiger partial charge in [0.2, 0.25) is 0 Å². The molecular formula is C17H25ClN2O. The van der Waals surface area contributed by atoms with Crippen LogP contribution in [0.5, 0.6) is 5.75 Å². The number of rotatable bonds is 7. The minimum Gasteiger partial charge on any atom is -0.495 e. The number of hydrogen-bond acceptors (Lipinski definition) is 3. The van der Waals surface area contributed by atoms with Crippen molar-refractivity contribution in [3.63, 3.8) is 0 Å². The van der Waals surface area contributed by atoms with Gasteiger partial charge in [0.1, 0.15) is 5.75 Å². The van der Waals surface area contributed by atoms with Crippen molar-refractivity contribution in [2.75, 3.05) is 26.7 Å². The number of nitrogens with zero attached hydrogens (tertiary/aromatic N) is 1. The number of halogens is 1. The number of hydrogen-bond donors (Lipinski definition) is 1. The number of benzene rings is 1. The van der Waals surface area contributed by atoms with Gasteiger partial charge in [-0.1, -0.05) is 17.7 Å². The molecule has 1 N–H and O–H groups in total. The Balaban J connectivity index is 1.63. The van der Waals surface area contributed by atoms with Crippen molar-refractivity contribution in [1.82, 2.24) is 10.2 Å². The lowest BCUT2D eigenvalue weighted by Gasteiger charge is -2.26. The second-order valence-electron chi connectivity index (χ2n) is 6.40. The molecule has 2 aliphatic rings. The van der Waals surface area contributed by atoms with E-state index in [9.17, 15) is 0 Å². The van der Waals surface area contributed by atoms with Gasteiger partial charge in [-0.2, -0.15) is 0 Å². The van der Waals surface area contributed by atoms with E-state index in [2.05, 4.69) is 16.3 Å². The summed E-state index contributed by atoms with van der Waals surface area (Å²) >= 11 is 6.25. The molecular weight excluding hydrogens is 284 g/mol. The molecule has 3 rings (SSSR count). The summed E-state index contributed by atoms with van der Waals surface area (Å²) in [5, 5.41) is 4.32. The lowest BCUT2D eigenvalue weighted by Crippen LogP contribution is -2.38. The van der Waals surface area contributed by atoms with E-state index in [1.54, 1.807) is 7.11 Å². The lowest BCUT2D eigenvalue weighted by atomic mass is 10.1. The summed E-state index contributed by atoms with van der Waals surface area (Å²) in [5.41, 5.74) is 1.28. The summed E-state index contributed by atoms with van der Waals surface area (Å²) in [7, 11) is 1.66. The maximum Gasteiger partial charge on any atom is 0.137 e. The van der Waals surface area contributed by atoms with Crippen LogP contribution in [0.15, 0.2) is 18.2 Å². The van der Waals surface area contributed by atoms with Gasteiger partial charge in [-0.15, -0.1) is 0 Å². The summed E-state index contributed by atoms with van der Waals surface area (Å²) in [6.07, 6.45) is 5.43. The lowest BCUT2D eigenvalue weighted by molar-refractivity contribution is 0.232. The van der Waals surface area contributed by atoms with Crippen LogP contribution in [0, 0.1) is 5.92 Å². The van der Waals surface area contributed by atoms with Gasteiger partial charge in [0.05, 0.1) is 12.1 Å². The van der Waals surface area contributed by atoms with Gasteiger partial charge >= 0.3 is 0 Å². The van der Waals surface area contributed by atoms with Gasteiger partial charge in [0.25, 0.3) is 0 Å². The predicted molar refractivity (Wildman–Crippen MR) is 87.0 cm³/mol. The van der Waals surface area contributed by atoms with Crippen LogP contribution in [-0.4, -0.2) is 37.7 Å². The van der Waals surface area contributed by atoms with Crippen molar-refractivity contribution in [3.8, 4) is 5.75 Å². The molecule has 0 aromatic heterocycles. The van der Waals surface area contributed by atoms with Crippen LogP contribution in [0.1, 0.15) is 31.2 Å². The van der Waals surface area contributed by atoms with Crippen molar-refractivity contribution in [1.29, 1.82) is 0 Å². The van der Waals surface area contributed by atoms with Crippen molar-refractivity contribution in [2.24, 2.45) is 5.92 Å². The molecule has 1 atom stereocenters. The minimum absolute atomic E-state index is 0.664. The third kappa shape index (κ3) is 4.35. The zero-order chi connectivity index (χ0) is 14.7. The predicted octanol–water partition coefficient (Wildman–Crippen LogP) is 3.31. The SMILES string of the molecule is COc1ccc(CN(CC2CC2)CC2CCCN2)cc1Cl. The first kappa shape index (κ1) is 15.1. The molecule has 1 aliphatic carbocycles. The fourth-order valence-electron chi connectivity index (χ4n) is 3.16. The molecule has 4 heteroatoms. The van der Waals surface area contributed by atoms with E-state index in [1.807, 2.05) is 12.1 Å². The van der Waals surface area contributed by atoms with Gasteiger partial charge in [0, 0.05) is 25.7 Å². The standard InChI is InChI=1S/C17H25ClN2O/c1-21-17-7-6-14(9-16(17)18)11-20(10-13-4-5-13)12-15-3-2-8-19-15/h6-7,9,13,15,19H,2-5,8,10-12H2,1H3. The highest BCUT2D eigenvalue weighted by molar-refractivity contribution is 6.32. The van der Waals surface area contributed by atoms with E-state index in [1.165, 1.54) is 44.3 Å². The number of nitrogens with one attached hydrogen (secondary N) is 1. The van der Waals surface area contributed by atoms with Gasteiger partial charge in [-0.05, 0) is 55.8 Å². The van der Waals surface area contributed by atoms with Crippen LogP contribution in [-0.2, 0) is 6.54 Å². The Bertz CT molecular complexity index is 470. The Kier molecular flexibility index (Phi) is 5.04. The molecule has 116 valence electrons. The largest absolute Gasteiger partial charge is 0.495 e. The fraction of sp³-hybridized carbons (Fsp3) is 0.647. The third-order valence-electron chi connectivity index (χ3n) is 4.48. The monoisotopic (exact) mass is 308 g/mol. The normalized spacial score (nSPS) is 22.0. The highest BCUT2D eigenvalue weighted by Crippen LogP contribution is 2.31. The molecule has 1 aliphatic heterocycles. The van der Waals surface area contributed by atoms with Crippen molar-refractivity contribution < 1.29 is 4.74 Å². The summed E-state index contributed by atoms with van der Waals surface area (Å²) in [4.78, 5) is 2.60. The summed E-state index contributed by atoms with van der Waals surface area (Å²) in [5.74, 6) is 1.67. The molecule has 0 spiro atoms. The first-order valence-corrected chi connectivity index (χ1v) is 8.40. The molecule has 21 heavy (non-hydrogen) atoms. The molecule has 1 aromatic rings. The first-order valence-electron chi connectivity index (χ1n) is 8.03. The average molecular weight is 309 g/mol. The fourth-order valence-corrected chi connectivity index (χ4v) is 3.44. The molecule has 0 radical (unpaired) electrons. The molecule has 3 nitrogen and oxygen atoms in total. The van der Waals surface area contributed by atoms with Crippen LogP contribution < -0.4 is 10.1 Å². The first-order chi connectivity index (χ1) is 10.2. The molecule has 1 unspecified atom stereocenters. The van der Waals surface area contributed by atoms with E-state index in [0.717, 1.165) is 24.8 Å². The van der Waals surface area contributed by atoms with E-state index in [-0.39, 0.29) is 0 Å². The minimum atomic E-state index is 0.664. The van der Waals surface area contributed by atoms with Gasteiger partial charge < -0.3 is 10.1 Å².